The van der Waals surface area contributed by atoms with Crippen LogP contribution in [0.1, 0.15) is 26.2 Å². The van der Waals surface area contributed by atoms with Crippen molar-refractivity contribution in [2.75, 3.05) is 19.9 Å². The quantitative estimate of drug-likeness (QED) is 0.737. The van der Waals surface area contributed by atoms with Gasteiger partial charge in [-0.3, -0.25) is 0 Å². The largest absolute Gasteiger partial charge is 0.380 e. The maximum absolute atomic E-state index is 5.21. The van der Waals surface area contributed by atoms with Gasteiger partial charge in [-0.15, -0.1) is 0 Å². The van der Waals surface area contributed by atoms with Crippen molar-refractivity contribution < 1.29 is 4.74 Å². The number of hydrogen-bond acceptors (Lipinski definition) is 3. The maximum atomic E-state index is 5.21. The van der Waals surface area contributed by atoms with Crippen LogP contribution in [-0.4, -0.2) is 37.3 Å². The number of methoxy groups -OCH3 is 1. The average Bonchev–Trinajstić information content (AvgIpc) is 2.61. The van der Waals surface area contributed by atoms with Crippen LogP contribution in [0.4, 0.5) is 0 Å². The maximum Gasteiger partial charge on any atom is 0.0667 e. The number of nitrogens with one attached hydrogen (secondary N) is 1. The summed E-state index contributed by atoms with van der Waals surface area (Å²) in [4.78, 5) is 0. The third-order valence-corrected chi connectivity index (χ3v) is 3.99. The number of thioether (sulfide) groups is 1. The second-order valence-corrected chi connectivity index (χ2v) is 4.84. The van der Waals surface area contributed by atoms with Gasteiger partial charge in [-0.25, -0.2) is 0 Å². The van der Waals surface area contributed by atoms with Crippen molar-refractivity contribution in [2.24, 2.45) is 0 Å². The molecule has 2 nitrogen and oxygen atoms in total. The second-order valence-electron chi connectivity index (χ2n) is 3.77. The van der Waals surface area contributed by atoms with Crippen molar-refractivity contribution in [1.29, 1.82) is 0 Å². The minimum atomic E-state index is 0.336. The lowest BCUT2D eigenvalue weighted by Gasteiger charge is -2.21. The molecular formula is C10H21NOS. The van der Waals surface area contributed by atoms with Gasteiger partial charge in [0.05, 0.1) is 6.10 Å². The lowest BCUT2D eigenvalue weighted by Crippen LogP contribution is -2.38. The van der Waals surface area contributed by atoms with Crippen molar-refractivity contribution in [3.63, 3.8) is 0 Å². The van der Waals surface area contributed by atoms with Crippen molar-refractivity contribution >= 4 is 11.8 Å². The van der Waals surface area contributed by atoms with Crippen LogP contribution >= 0.6 is 11.8 Å². The Balaban J connectivity index is 2.19. The SMILES string of the molecule is COC(C)CNC1CCCC1SC. The molecule has 1 N–H and O–H groups in total. The van der Waals surface area contributed by atoms with Crippen molar-refractivity contribution in [3.8, 4) is 0 Å². The van der Waals surface area contributed by atoms with E-state index in [2.05, 4.69) is 18.5 Å². The van der Waals surface area contributed by atoms with E-state index in [0.717, 1.165) is 11.8 Å². The topological polar surface area (TPSA) is 21.3 Å². The molecule has 78 valence electrons. The molecule has 0 saturated heterocycles. The van der Waals surface area contributed by atoms with Gasteiger partial charge < -0.3 is 10.1 Å². The molecule has 0 amide bonds. The Morgan fingerprint density at radius 1 is 1.54 bits per heavy atom. The van der Waals surface area contributed by atoms with Crippen molar-refractivity contribution in [1.82, 2.24) is 5.32 Å². The molecule has 0 radical (unpaired) electrons. The lowest BCUT2D eigenvalue weighted by atomic mass is 10.2. The molecular weight excluding hydrogens is 182 g/mol. The Kier molecular flexibility index (Phi) is 5.14. The van der Waals surface area contributed by atoms with E-state index in [4.69, 9.17) is 4.74 Å². The molecule has 0 spiro atoms. The monoisotopic (exact) mass is 203 g/mol. The molecule has 3 heteroatoms. The highest BCUT2D eigenvalue weighted by atomic mass is 32.2. The summed E-state index contributed by atoms with van der Waals surface area (Å²) in [5.41, 5.74) is 0. The normalized spacial score (nSPS) is 30.7. The molecule has 1 saturated carbocycles. The zero-order valence-corrected chi connectivity index (χ0v) is 9.69. The van der Waals surface area contributed by atoms with Crippen molar-refractivity contribution in [3.05, 3.63) is 0 Å². The van der Waals surface area contributed by atoms with Crippen LogP contribution in [0.25, 0.3) is 0 Å². The Hall–Kier alpha value is 0.270. The fourth-order valence-electron chi connectivity index (χ4n) is 1.84. The predicted molar refractivity (Wildman–Crippen MR) is 59.4 cm³/mol. The molecule has 1 aliphatic carbocycles. The highest BCUT2D eigenvalue weighted by molar-refractivity contribution is 7.99. The first-order chi connectivity index (χ1) is 6.27. The van der Waals surface area contributed by atoms with Gasteiger partial charge in [0.25, 0.3) is 0 Å². The summed E-state index contributed by atoms with van der Waals surface area (Å²) in [5.74, 6) is 0. The molecule has 1 rings (SSSR count). The predicted octanol–water partition coefficient (Wildman–Crippen LogP) is 1.89. The van der Waals surface area contributed by atoms with Crippen LogP contribution in [0.2, 0.25) is 0 Å². The highest BCUT2D eigenvalue weighted by Crippen LogP contribution is 2.28. The van der Waals surface area contributed by atoms with Gasteiger partial charge >= 0.3 is 0 Å². The Bertz CT molecular complexity index is 143. The molecule has 1 aliphatic rings. The first-order valence-electron chi connectivity index (χ1n) is 5.07. The van der Waals surface area contributed by atoms with E-state index in [1.165, 1.54) is 19.3 Å². The third-order valence-electron chi connectivity index (χ3n) is 2.83. The number of ether oxygens (including phenoxy) is 1. The van der Waals surface area contributed by atoms with Gasteiger partial charge in [0, 0.05) is 24.9 Å². The van der Waals surface area contributed by atoms with Crippen LogP contribution in [0.15, 0.2) is 0 Å². The molecule has 0 aromatic rings. The second kappa shape index (κ2) is 5.89. The zero-order chi connectivity index (χ0) is 9.68. The van der Waals surface area contributed by atoms with Crippen LogP contribution in [-0.2, 0) is 4.74 Å². The van der Waals surface area contributed by atoms with Gasteiger partial charge in [-0.2, -0.15) is 11.8 Å². The summed E-state index contributed by atoms with van der Waals surface area (Å²) in [5, 5.41) is 4.41. The Labute approximate surface area is 85.8 Å². The minimum absolute atomic E-state index is 0.336. The number of rotatable bonds is 5. The van der Waals surface area contributed by atoms with E-state index < -0.39 is 0 Å². The van der Waals surface area contributed by atoms with Gasteiger partial charge in [-0.1, -0.05) is 6.42 Å². The molecule has 0 aliphatic heterocycles. The molecule has 0 aromatic heterocycles. The molecule has 0 bridgehead atoms. The summed E-state index contributed by atoms with van der Waals surface area (Å²) in [6.07, 6.45) is 6.64. The van der Waals surface area contributed by atoms with E-state index in [0.29, 0.717) is 12.1 Å². The van der Waals surface area contributed by atoms with Crippen molar-refractivity contribution in [2.45, 2.75) is 43.6 Å². The molecule has 13 heavy (non-hydrogen) atoms. The van der Waals surface area contributed by atoms with E-state index >= 15 is 0 Å². The van der Waals surface area contributed by atoms with E-state index in [1.54, 1.807) is 7.11 Å². The Morgan fingerprint density at radius 3 is 2.92 bits per heavy atom. The molecule has 0 heterocycles. The van der Waals surface area contributed by atoms with Crippen LogP contribution in [0.5, 0.6) is 0 Å². The first-order valence-corrected chi connectivity index (χ1v) is 6.35. The van der Waals surface area contributed by atoms with Gasteiger partial charge in [-0.05, 0) is 26.0 Å². The van der Waals surface area contributed by atoms with E-state index in [9.17, 15) is 0 Å². The van der Waals surface area contributed by atoms with E-state index in [1.807, 2.05) is 11.8 Å². The lowest BCUT2D eigenvalue weighted by molar-refractivity contribution is 0.114. The third kappa shape index (κ3) is 3.49. The fraction of sp³-hybridized carbons (Fsp3) is 1.00. The molecule has 3 unspecified atom stereocenters. The fourth-order valence-corrected chi connectivity index (χ4v) is 2.81. The van der Waals surface area contributed by atoms with Gasteiger partial charge in [0.1, 0.15) is 0 Å². The Morgan fingerprint density at radius 2 is 2.31 bits per heavy atom. The molecule has 3 atom stereocenters. The number of hydrogen-bond donors (Lipinski definition) is 1. The summed E-state index contributed by atoms with van der Waals surface area (Å²) >= 11 is 2.00. The average molecular weight is 203 g/mol. The minimum Gasteiger partial charge on any atom is -0.380 e. The summed E-state index contributed by atoms with van der Waals surface area (Å²) < 4.78 is 5.21. The summed E-state index contributed by atoms with van der Waals surface area (Å²) in [6, 6.07) is 0.715. The van der Waals surface area contributed by atoms with Gasteiger partial charge in [0.15, 0.2) is 0 Å². The standard InChI is InChI=1S/C10H21NOS/c1-8(12-2)7-11-9-5-4-6-10(9)13-3/h8-11H,4-7H2,1-3H3. The van der Waals surface area contributed by atoms with Gasteiger partial charge in [0.2, 0.25) is 0 Å². The highest BCUT2D eigenvalue weighted by Gasteiger charge is 2.25. The smallest absolute Gasteiger partial charge is 0.0667 e. The van der Waals surface area contributed by atoms with Crippen LogP contribution < -0.4 is 5.32 Å². The molecule has 0 aromatic carbocycles. The summed E-state index contributed by atoms with van der Waals surface area (Å²) in [6.45, 7) is 3.09. The zero-order valence-electron chi connectivity index (χ0n) is 8.88. The van der Waals surface area contributed by atoms with Crippen LogP contribution in [0.3, 0.4) is 0 Å². The molecule has 1 fully saturated rings. The summed E-state index contributed by atoms with van der Waals surface area (Å²) in [7, 11) is 1.77. The first kappa shape index (κ1) is 11.3. The van der Waals surface area contributed by atoms with E-state index in [-0.39, 0.29) is 0 Å². The van der Waals surface area contributed by atoms with Crippen LogP contribution in [0, 0.1) is 0 Å².